The summed E-state index contributed by atoms with van der Waals surface area (Å²) in [5.41, 5.74) is 0.960. The molecule has 0 aliphatic carbocycles. The Labute approximate surface area is 118 Å². The lowest BCUT2D eigenvalue weighted by atomic mass is 10.2. The lowest BCUT2D eigenvalue weighted by Crippen LogP contribution is -2.26. The molecule has 0 bridgehead atoms. The number of carbonyl (C=O) groups is 2. The van der Waals surface area contributed by atoms with Gasteiger partial charge in [0, 0.05) is 20.0 Å². The Morgan fingerprint density at radius 1 is 1.30 bits per heavy atom. The van der Waals surface area contributed by atoms with Gasteiger partial charge in [-0.25, -0.2) is 0 Å². The van der Waals surface area contributed by atoms with E-state index in [4.69, 9.17) is 9.84 Å². The fourth-order valence-electron chi connectivity index (χ4n) is 1.61. The van der Waals surface area contributed by atoms with Crippen LogP contribution >= 0.6 is 0 Å². The Kier molecular flexibility index (Phi) is 6.29. The summed E-state index contributed by atoms with van der Waals surface area (Å²) in [5.74, 6) is -0.400. The lowest BCUT2D eigenvalue weighted by molar-refractivity contribution is -0.140. The second-order valence-electron chi connectivity index (χ2n) is 4.39. The minimum Gasteiger partial charge on any atom is -0.490 e. The Hall–Kier alpha value is -2.30. The van der Waals surface area contributed by atoms with Crippen LogP contribution in [0, 0.1) is 0 Å². The summed E-state index contributed by atoms with van der Waals surface area (Å²) < 4.78 is 5.36. The molecular formula is C15H19NO4. The van der Waals surface area contributed by atoms with Crippen molar-refractivity contribution < 1.29 is 19.4 Å². The number of aliphatic carboxylic acids is 1. The van der Waals surface area contributed by atoms with Crippen molar-refractivity contribution in [2.24, 2.45) is 0 Å². The summed E-state index contributed by atoms with van der Waals surface area (Å²) in [5, 5.41) is 8.54. The van der Waals surface area contributed by atoms with E-state index in [1.807, 2.05) is 24.3 Å². The van der Waals surface area contributed by atoms with E-state index in [9.17, 15) is 9.59 Å². The second-order valence-corrected chi connectivity index (χ2v) is 4.39. The second kappa shape index (κ2) is 7.99. The molecule has 0 fully saturated rings. The van der Waals surface area contributed by atoms with Gasteiger partial charge in [0.1, 0.15) is 12.4 Å². The first-order chi connectivity index (χ1) is 9.52. The van der Waals surface area contributed by atoms with E-state index in [1.54, 1.807) is 13.1 Å². The topological polar surface area (TPSA) is 66.8 Å². The van der Waals surface area contributed by atoms with Gasteiger partial charge in [-0.1, -0.05) is 24.8 Å². The normalized spacial score (nSPS) is 9.85. The monoisotopic (exact) mass is 277 g/mol. The number of carboxylic acid groups (broad SMARTS) is 1. The molecule has 108 valence electrons. The van der Waals surface area contributed by atoms with Gasteiger partial charge in [-0.05, 0) is 17.7 Å². The van der Waals surface area contributed by atoms with Crippen LogP contribution in [0.25, 0.3) is 0 Å². The van der Waals surface area contributed by atoms with Crippen LogP contribution in [0.5, 0.6) is 5.75 Å². The fourth-order valence-corrected chi connectivity index (χ4v) is 1.61. The van der Waals surface area contributed by atoms with Crippen LogP contribution in [0.1, 0.15) is 18.4 Å². The van der Waals surface area contributed by atoms with Gasteiger partial charge in [-0.2, -0.15) is 0 Å². The van der Waals surface area contributed by atoms with E-state index >= 15 is 0 Å². The highest BCUT2D eigenvalue weighted by molar-refractivity contribution is 5.80. The van der Waals surface area contributed by atoms with Crippen molar-refractivity contribution in [1.82, 2.24) is 4.90 Å². The highest BCUT2D eigenvalue weighted by atomic mass is 16.5. The van der Waals surface area contributed by atoms with Gasteiger partial charge >= 0.3 is 5.97 Å². The van der Waals surface area contributed by atoms with Crippen molar-refractivity contribution >= 4 is 11.9 Å². The molecule has 1 N–H and O–H groups in total. The number of hydrogen-bond acceptors (Lipinski definition) is 3. The maximum absolute atomic E-state index is 11.7. The van der Waals surface area contributed by atoms with Crippen molar-refractivity contribution in [2.75, 3.05) is 13.7 Å². The molecule has 20 heavy (non-hydrogen) atoms. The minimum atomic E-state index is -0.963. The maximum Gasteiger partial charge on any atom is 0.303 e. The predicted octanol–water partition coefficient (Wildman–Crippen LogP) is 2.07. The van der Waals surface area contributed by atoms with Crippen LogP contribution < -0.4 is 4.74 Å². The molecule has 1 rings (SSSR count). The molecule has 0 aromatic heterocycles. The third kappa shape index (κ3) is 5.56. The molecule has 5 nitrogen and oxygen atoms in total. The van der Waals surface area contributed by atoms with E-state index in [0.717, 1.165) is 11.3 Å². The number of benzene rings is 1. The van der Waals surface area contributed by atoms with Crippen LogP contribution in [0.2, 0.25) is 0 Å². The van der Waals surface area contributed by atoms with E-state index in [2.05, 4.69) is 6.58 Å². The van der Waals surface area contributed by atoms with Gasteiger partial charge in [0.05, 0.1) is 6.42 Å². The Morgan fingerprint density at radius 3 is 2.50 bits per heavy atom. The van der Waals surface area contributed by atoms with Crippen molar-refractivity contribution in [3.8, 4) is 5.75 Å². The van der Waals surface area contributed by atoms with Crippen molar-refractivity contribution in [3.05, 3.63) is 42.5 Å². The molecule has 0 aliphatic rings. The highest BCUT2D eigenvalue weighted by Gasteiger charge is 2.11. The Bertz CT molecular complexity index is 467. The van der Waals surface area contributed by atoms with E-state index in [0.29, 0.717) is 13.2 Å². The number of carbonyl (C=O) groups excluding carboxylic acids is 1. The first-order valence-electron chi connectivity index (χ1n) is 6.31. The minimum absolute atomic E-state index is 0.0202. The maximum atomic E-state index is 11.7. The Balaban J connectivity index is 2.48. The average Bonchev–Trinajstić information content (AvgIpc) is 2.43. The highest BCUT2D eigenvalue weighted by Crippen LogP contribution is 2.13. The van der Waals surface area contributed by atoms with Gasteiger partial charge < -0.3 is 14.7 Å². The average molecular weight is 277 g/mol. The van der Waals surface area contributed by atoms with Crippen LogP contribution in [0.15, 0.2) is 36.9 Å². The molecule has 0 unspecified atom stereocenters. The lowest BCUT2D eigenvalue weighted by Gasteiger charge is -2.17. The van der Waals surface area contributed by atoms with Crippen molar-refractivity contribution in [1.29, 1.82) is 0 Å². The first kappa shape index (κ1) is 15.8. The van der Waals surface area contributed by atoms with E-state index < -0.39 is 5.97 Å². The van der Waals surface area contributed by atoms with E-state index in [-0.39, 0.29) is 18.7 Å². The zero-order valence-corrected chi connectivity index (χ0v) is 11.5. The number of hydrogen-bond donors (Lipinski definition) is 1. The zero-order chi connectivity index (χ0) is 15.0. The first-order valence-corrected chi connectivity index (χ1v) is 6.31. The molecule has 0 spiro atoms. The van der Waals surface area contributed by atoms with Crippen molar-refractivity contribution in [2.45, 2.75) is 19.4 Å². The van der Waals surface area contributed by atoms with Crippen LogP contribution in [0.3, 0.4) is 0 Å². The van der Waals surface area contributed by atoms with Crippen LogP contribution in [0.4, 0.5) is 0 Å². The summed E-state index contributed by atoms with van der Waals surface area (Å²) in [6.45, 7) is 4.47. The molecule has 5 heteroatoms. The number of ether oxygens (including phenoxy) is 1. The number of carboxylic acids is 1. The molecule has 0 heterocycles. The third-order valence-electron chi connectivity index (χ3n) is 2.69. The molecule has 1 amide bonds. The van der Waals surface area contributed by atoms with Gasteiger partial charge in [0.2, 0.25) is 5.91 Å². The molecular weight excluding hydrogens is 258 g/mol. The van der Waals surface area contributed by atoms with Gasteiger partial charge in [0.25, 0.3) is 0 Å². The molecule has 0 saturated heterocycles. The van der Waals surface area contributed by atoms with Crippen LogP contribution in [-0.2, 0) is 16.1 Å². The standard InChI is InChI=1S/C15H19NO4/c1-3-10-20-13-6-4-12(5-7-13)11-16(2)14(17)8-9-15(18)19/h3-7H,1,8-11H2,2H3,(H,18,19). The van der Waals surface area contributed by atoms with Gasteiger partial charge in [-0.3, -0.25) is 9.59 Å². The number of amides is 1. The smallest absolute Gasteiger partial charge is 0.303 e. The van der Waals surface area contributed by atoms with Crippen molar-refractivity contribution in [3.63, 3.8) is 0 Å². The zero-order valence-electron chi connectivity index (χ0n) is 11.5. The summed E-state index contributed by atoms with van der Waals surface area (Å²) in [7, 11) is 1.66. The van der Waals surface area contributed by atoms with Crippen LogP contribution in [-0.4, -0.2) is 35.5 Å². The summed E-state index contributed by atoms with van der Waals surface area (Å²) in [4.78, 5) is 23.6. The Morgan fingerprint density at radius 2 is 1.95 bits per heavy atom. The molecule has 1 aromatic rings. The predicted molar refractivity (Wildman–Crippen MR) is 75.5 cm³/mol. The largest absolute Gasteiger partial charge is 0.490 e. The molecule has 0 atom stereocenters. The van der Waals surface area contributed by atoms with Gasteiger partial charge in [-0.15, -0.1) is 0 Å². The third-order valence-corrected chi connectivity index (χ3v) is 2.69. The van der Waals surface area contributed by atoms with E-state index in [1.165, 1.54) is 4.90 Å². The molecule has 0 saturated carbocycles. The number of rotatable bonds is 8. The molecule has 0 aliphatic heterocycles. The summed E-state index contributed by atoms with van der Waals surface area (Å²) >= 11 is 0. The number of nitrogens with zero attached hydrogens (tertiary/aromatic N) is 1. The quantitative estimate of drug-likeness (QED) is 0.739. The summed E-state index contributed by atoms with van der Waals surface area (Å²) in [6, 6.07) is 7.40. The molecule has 1 aromatic carbocycles. The molecule has 0 radical (unpaired) electrons. The van der Waals surface area contributed by atoms with Gasteiger partial charge in [0.15, 0.2) is 0 Å². The SMILES string of the molecule is C=CCOc1ccc(CN(C)C(=O)CCC(=O)O)cc1. The fraction of sp³-hybridized carbons (Fsp3) is 0.333. The summed E-state index contributed by atoms with van der Waals surface area (Å²) in [6.07, 6.45) is 1.55.